The summed E-state index contributed by atoms with van der Waals surface area (Å²) in [5.74, 6) is -3.93. The van der Waals surface area contributed by atoms with Crippen LogP contribution in [0.1, 0.15) is 12.0 Å². The van der Waals surface area contributed by atoms with Gasteiger partial charge in [0.2, 0.25) is 0 Å². The maximum atomic E-state index is 13.1. The lowest BCUT2D eigenvalue weighted by Gasteiger charge is -2.06. The zero-order valence-electron chi connectivity index (χ0n) is 9.91. The summed E-state index contributed by atoms with van der Waals surface area (Å²) in [6, 6.07) is 1.63. The van der Waals surface area contributed by atoms with Gasteiger partial charge in [0.25, 0.3) is 0 Å². The molecule has 0 aliphatic heterocycles. The Morgan fingerprint density at radius 2 is 1.84 bits per heavy atom. The molecule has 1 aromatic heterocycles. The number of nitrogens with zero attached hydrogens (tertiary/aromatic N) is 2. The zero-order chi connectivity index (χ0) is 14.0. The maximum Gasteiger partial charge on any atom is 0.194 e. The fourth-order valence-electron chi connectivity index (χ4n) is 1.72. The van der Waals surface area contributed by atoms with Gasteiger partial charge in [0, 0.05) is 24.3 Å². The third-order valence-corrected chi connectivity index (χ3v) is 2.70. The third-order valence-electron chi connectivity index (χ3n) is 2.70. The van der Waals surface area contributed by atoms with Crippen LogP contribution in [0, 0.1) is 17.5 Å². The van der Waals surface area contributed by atoms with Crippen molar-refractivity contribution in [2.45, 2.75) is 12.8 Å². The van der Waals surface area contributed by atoms with Gasteiger partial charge >= 0.3 is 0 Å². The second-order valence-corrected chi connectivity index (χ2v) is 4.02. The zero-order valence-corrected chi connectivity index (χ0v) is 9.91. The van der Waals surface area contributed by atoms with Gasteiger partial charge in [0.15, 0.2) is 17.5 Å². The number of nitrogen functional groups attached to an aromatic ring is 1. The number of aryl methyl sites for hydroxylation is 1. The van der Waals surface area contributed by atoms with Gasteiger partial charge in [-0.3, -0.25) is 0 Å². The molecule has 2 aromatic rings. The van der Waals surface area contributed by atoms with Gasteiger partial charge in [-0.05, 0) is 12.8 Å². The molecule has 0 bridgehead atoms. The van der Waals surface area contributed by atoms with E-state index >= 15 is 0 Å². The molecule has 0 spiro atoms. The summed E-state index contributed by atoms with van der Waals surface area (Å²) in [5, 5.41) is 12.6. The average Bonchev–Trinajstić information content (AvgIpc) is 2.74. The van der Waals surface area contributed by atoms with Crippen LogP contribution < -0.4 is 5.73 Å². The van der Waals surface area contributed by atoms with Crippen molar-refractivity contribution >= 4 is 5.82 Å². The molecule has 0 amide bonds. The molecule has 19 heavy (non-hydrogen) atoms. The first-order chi connectivity index (χ1) is 9.04. The minimum atomic E-state index is -1.53. The second kappa shape index (κ2) is 5.31. The Morgan fingerprint density at radius 3 is 2.42 bits per heavy atom. The summed E-state index contributed by atoms with van der Waals surface area (Å²) in [7, 11) is 0. The number of aromatic nitrogens is 2. The van der Waals surface area contributed by atoms with Crippen molar-refractivity contribution in [2.75, 3.05) is 12.3 Å². The predicted molar refractivity (Wildman–Crippen MR) is 63.3 cm³/mol. The maximum absolute atomic E-state index is 13.1. The molecule has 1 aromatic carbocycles. The molecule has 102 valence electrons. The molecular weight excluding hydrogens is 259 g/mol. The number of halogens is 3. The lowest BCUT2D eigenvalue weighted by Crippen LogP contribution is -2.05. The fraction of sp³-hybridized carbons (Fsp3) is 0.250. The highest BCUT2D eigenvalue weighted by Crippen LogP contribution is 2.21. The molecule has 1 heterocycles. The number of hydrogen-bond donors (Lipinski definition) is 2. The Kier molecular flexibility index (Phi) is 3.75. The highest BCUT2D eigenvalue weighted by Gasteiger charge is 2.15. The first-order valence-electron chi connectivity index (χ1n) is 5.62. The van der Waals surface area contributed by atoms with E-state index in [1.54, 1.807) is 0 Å². The summed E-state index contributed by atoms with van der Waals surface area (Å²) in [5.41, 5.74) is 6.45. The Bertz CT molecular complexity index is 575. The number of benzene rings is 1. The van der Waals surface area contributed by atoms with E-state index in [0.717, 1.165) is 16.8 Å². The van der Waals surface area contributed by atoms with E-state index in [4.69, 9.17) is 10.8 Å². The lowest BCUT2D eigenvalue weighted by atomic mass is 10.2. The molecule has 0 aliphatic rings. The quantitative estimate of drug-likeness (QED) is 0.833. The fourth-order valence-corrected chi connectivity index (χ4v) is 1.72. The van der Waals surface area contributed by atoms with E-state index in [1.165, 1.54) is 6.20 Å². The monoisotopic (exact) mass is 271 g/mol. The molecule has 3 N–H and O–H groups in total. The molecule has 7 heteroatoms. The van der Waals surface area contributed by atoms with Crippen molar-refractivity contribution in [2.24, 2.45) is 0 Å². The molecule has 2 rings (SSSR count). The van der Waals surface area contributed by atoms with Gasteiger partial charge < -0.3 is 10.8 Å². The van der Waals surface area contributed by atoms with Crippen LogP contribution in [0.5, 0.6) is 0 Å². The predicted octanol–water partition coefficient (Wildman–Crippen LogP) is 1.80. The Balaban J connectivity index is 2.40. The SMILES string of the molecule is Nc1c(CCCO)cnn1-c1cc(F)c(F)c(F)c1. The molecule has 4 nitrogen and oxygen atoms in total. The first-order valence-corrected chi connectivity index (χ1v) is 5.62. The molecule has 0 saturated heterocycles. The van der Waals surface area contributed by atoms with Gasteiger partial charge in [-0.15, -0.1) is 0 Å². The van der Waals surface area contributed by atoms with E-state index in [2.05, 4.69) is 5.10 Å². The van der Waals surface area contributed by atoms with Crippen LogP contribution in [0.3, 0.4) is 0 Å². The summed E-state index contributed by atoms with van der Waals surface area (Å²) >= 11 is 0. The molecule has 0 saturated carbocycles. The van der Waals surface area contributed by atoms with Crippen LogP contribution >= 0.6 is 0 Å². The van der Waals surface area contributed by atoms with Crippen LogP contribution in [0.4, 0.5) is 19.0 Å². The molecule has 0 atom stereocenters. The number of hydrogen-bond acceptors (Lipinski definition) is 3. The Hall–Kier alpha value is -2.02. The molecular formula is C12H12F3N3O. The highest BCUT2D eigenvalue weighted by atomic mass is 19.2. The number of anilines is 1. The summed E-state index contributed by atoms with van der Waals surface area (Å²) < 4.78 is 40.3. The van der Waals surface area contributed by atoms with Gasteiger partial charge in [-0.2, -0.15) is 5.10 Å². The van der Waals surface area contributed by atoms with Gasteiger partial charge in [-0.1, -0.05) is 0 Å². The van der Waals surface area contributed by atoms with Crippen LogP contribution in [-0.4, -0.2) is 21.5 Å². The topological polar surface area (TPSA) is 64.1 Å². The number of aliphatic hydroxyl groups is 1. The van der Waals surface area contributed by atoms with Crippen LogP contribution in [0.15, 0.2) is 18.3 Å². The average molecular weight is 271 g/mol. The van der Waals surface area contributed by atoms with Crippen molar-refractivity contribution in [1.82, 2.24) is 9.78 Å². The van der Waals surface area contributed by atoms with Gasteiger partial charge in [-0.25, -0.2) is 17.9 Å². The standard InChI is InChI=1S/C12H12F3N3O/c13-9-4-8(5-10(14)11(9)15)18-12(16)7(6-17-18)2-1-3-19/h4-6,19H,1-3,16H2. The van der Waals surface area contributed by atoms with Gasteiger partial charge in [0.1, 0.15) is 5.82 Å². The third kappa shape index (κ3) is 2.55. The van der Waals surface area contributed by atoms with E-state index in [9.17, 15) is 13.2 Å². The second-order valence-electron chi connectivity index (χ2n) is 4.02. The van der Waals surface area contributed by atoms with E-state index in [1.807, 2.05) is 0 Å². The normalized spacial score (nSPS) is 10.9. The van der Waals surface area contributed by atoms with Crippen molar-refractivity contribution in [3.05, 3.63) is 41.3 Å². The van der Waals surface area contributed by atoms with E-state index < -0.39 is 17.5 Å². The lowest BCUT2D eigenvalue weighted by molar-refractivity contribution is 0.288. The molecule has 0 unspecified atom stereocenters. The van der Waals surface area contributed by atoms with Crippen LogP contribution in [-0.2, 0) is 6.42 Å². The Morgan fingerprint density at radius 1 is 1.21 bits per heavy atom. The van der Waals surface area contributed by atoms with Crippen molar-refractivity contribution in [1.29, 1.82) is 0 Å². The van der Waals surface area contributed by atoms with Crippen molar-refractivity contribution in [3.63, 3.8) is 0 Å². The minimum Gasteiger partial charge on any atom is -0.396 e. The Labute approximate surface area is 107 Å². The number of aliphatic hydroxyl groups excluding tert-OH is 1. The molecule has 0 aliphatic carbocycles. The summed E-state index contributed by atoms with van der Waals surface area (Å²) in [6.07, 6.45) is 2.45. The summed E-state index contributed by atoms with van der Waals surface area (Å²) in [6.45, 7) is 0.00439. The smallest absolute Gasteiger partial charge is 0.194 e. The van der Waals surface area contributed by atoms with Crippen molar-refractivity contribution in [3.8, 4) is 5.69 Å². The van der Waals surface area contributed by atoms with E-state index in [-0.39, 0.29) is 18.1 Å². The largest absolute Gasteiger partial charge is 0.396 e. The van der Waals surface area contributed by atoms with Crippen LogP contribution in [0.2, 0.25) is 0 Å². The number of nitrogens with two attached hydrogens (primary N) is 1. The molecule has 0 fully saturated rings. The van der Waals surface area contributed by atoms with E-state index in [0.29, 0.717) is 18.4 Å². The number of rotatable bonds is 4. The van der Waals surface area contributed by atoms with Gasteiger partial charge in [0.05, 0.1) is 11.9 Å². The summed E-state index contributed by atoms with van der Waals surface area (Å²) in [4.78, 5) is 0. The molecule has 0 radical (unpaired) electrons. The highest BCUT2D eigenvalue weighted by molar-refractivity contribution is 5.47. The first kappa shape index (κ1) is 13.4. The van der Waals surface area contributed by atoms with Crippen molar-refractivity contribution < 1.29 is 18.3 Å². The minimum absolute atomic E-state index is 0.00384. The van der Waals surface area contributed by atoms with Crippen LogP contribution in [0.25, 0.3) is 5.69 Å².